The first-order chi connectivity index (χ1) is 8.12. The number of carboxylic acids is 1. The van der Waals surface area contributed by atoms with Crippen LogP contribution in [0.25, 0.3) is 0 Å². The SMILES string of the molecule is C=C(Cc1cc(C)c(O)c(C(C)(C)C)c1)C(=O)O. The lowest BCUT2D eigenvalue weighted by atomic mass is 9.83. The van der Waals surface area contributed by atoms with Crippen molar-refractivity contribution in [3.63, 3.8) is 0 Å². The summed E-state index contributed by atoms with van der Waals surface area (Å²) in [6.07, 6.45) is 0.291. The van der Waals surface area contributed by atoms with Gasteiger partial charge in [-0.05, 0) is 29.0 Å². The molecule has 18 heavy (non-hydrogen) atoms. The van der Waals surface area contributed by atoms with Crippen molar-refractivity contribution in [3.05, 3.63) is 41.0 Å². The topological polar surface area (TPSA) is 57.5 Å². The van der Waals surface area contributed by atoms with Crippen LogP contribution >= 0.6 is 0 Å². The van der Waals surface area contributed by atoms with Gasteiger partial charge in [-0.15, -0.1) is 0 Å². The molecular weight excluding hydrogens is 228 g/mol. The van der Waals surface area contributed by atoms with Gasteiger partial charge in [0.1, 0.15) is 5.75 Å². The Labute approximate surface area is 108 Å². The Balaban J connectivity index is 3.21. The van der Waals surface area contributed by atoms with Gasteiger partial charge in [-0.1, -0.05) is 39.5 Å². The van der Waals surface area contributed by atoms with Crippen molar-refractivity contribution in [1.82, 2.24) is 0 Å². The Bertz CT molecular complexity index is 493. The Kier molecular flexibility index (Phi) is 3.85. The molecule has 0 amide bonds. The van der Waals surface area contributed by atoms with Gasteiger partial charge < -0.3 is 10.2 Å². The van der Waals surface area contributed by atoms with Crippen LogP contribution in [0, 0.1) is 6.92 Å². The number of phenolic OH excluding ortho intramolecular Hbond substituents is 1. The summed E-state index contributed by atoms with van der Waals surface area (Å²) in [5.74, 6) is -0.703. The van der Waals surface area contributed by atoms with Gasteiger partial charge in [0.05, 0.1) is 0 Å². The van der Waals surface area contributed by atoms with Crippen molar-refractivity contribution in [2.75, 3.05) is 0 Å². The second kappa shape index (κ2) is 4.84. The van der Waals surface area contributed by atoms with Crippen LogP contribution in [0.3, 0.4) is 0 Å². The molecule has 0 aliphatic rings. The highest BCUT2D eigenvalue weighted by molar-refractivity contribution is 5.86. The number of aliphatic carboxylic acids is 1. The number of hydrogen-bond donors (Lipinski definition) is 2. The van der Waals surface area contributed by atoms with Crippen molar-refractivity contribution in [2.24, 2.45) is 0 Å². The zero-order valence-electron chi connectivity index (χ0n) is 11.4. The highest BCUT2D eigenvalue weighted by Crippen LogP contribution is 2.34. The van der Waals surface area contributed by atoms with Gasteiger partial charge in [0, 0.05) is 12.0 Å². The van der Waals surface area contributed by atoms with E-state index in [1.807, 2.05) is 33.8 Å². The first-order valence-electron chi connectivity index (χ1n) is 5.87. The molecule has 0 aliphatic carbocycles. The maximum Gasteiger partial charge on any atom is 0.331 e. The summed E-state index contributed by atoms with van der Waals surface area (Å²) in [5.41, 5.74) is 2.42. The van der Waals surface area contributed by atoms with E-state index in [9.17, 15) is 9.90 Å². The van der Waals surface area contributed by atoms with E-state index in [1.54, 1.807) is 6.07 Å². The molecule has 0 saturated heterocycles. The third kappa shape index (κ3) is 3.13. The van der Waals surface area contributed by atoms with Crippen molar-refractivity contribution >= 4 is 5.97 Å². The summed E-state index contributed by atoms with van der Waals surface area (Å²) in [7, 11) is 0. The van der Waals surface area contributed by atoms with E-state index in [0.717, 1.165) is 16.7 Å². The van der Waals surface area contributed by atoms with Crippen LogP contribution < -0.4 is 0 Å². The summed E-state index contributed by atoms with van der Waals surface area (Å²) >= 11 is 0. The molecule has 0 fully saturated rings. The van der Waals surface area contributed by atoms with Crippen molar-refractivity contribution < 1.29 is 15.0 Å². The van der Waals surface area contributed by atoms with Crippen LogP contribution in [0.4, 0.5) is 0 Å². The molecule has 0 aromatic heterocycles. The number of aryl methyl sites for hydroxylation is 1. The van der Waals surface area contributed by atoms with Crippen LogP contribution in [0.5, 0.6) is 5.75 Å². The number of rotatable bonds is 3. The highest BCUT2D eigenvalue weighted by Gasteiger charge is 2.20. The van der Waals surface area contributed by atoms with Gasteiger partial charge in [0.25, 0.3) is 0 Å². The second-order valence-corrected chi connectivity index (χ2v) is 5.64. The third-order valence-electron chi connectivity index (χ3n) is 2.89. The molecule has 0 radical (unpaired) electrons. The minimum atomic E-state index is -0.988. The lowest BCUT2D eigenvalue weighted by Gasteiger charge is -2.22. The molecule has 3 nitrogen and oxygen atoms in total. The van der Waals surface area contributed by atoms with E-state index in [0.29, 0.717) is 6.42 Å². The van der Waals surface area contributed by atoms with E-state index in [2.05, 4.69) is 6.58 Å². The van der Waals surface area contributed by atoms with E-state index in [1.165, 1.54) is 0 Å². The van der Waals surface area contributed by atoms with Crippen LogP contribution in [-0.4, -0.2) is 16.2 Å². The van der Waals surface area contributed by atoms with Gasteiger partial charge in [-0.25, -0.2) is 4.79 Å². The zero-order chi connectivity index (χ0) is 14.1. The Morgan fingerprint density at radius 2 is 1.89 bits per heavy atom. The smallest absolute Gasteiger partial charge is 0.331 e. The number of benzene rings is 1. The van der Waals surface area contributed by atoms with Gasteiger partial charge in [-0.3, -0.25) is 0 Å². The molecule has 1 aromatic carbocycles. The fraction of sp³-hybridized carbons (Fsp3) is 0.400. The molecule has 0 heterocycles. The number of carboxylic acid groups (broad SMARTS) is 1. The molecule has 1 rings (SSSR count). The van der Waals surface area contributed by atoms with Crippen molar-refractivity contribution in [3.8, 4) is 5.75 Å². The van der Waals surface area contributed by atoms with Crippen LogP contribution in [0.15, 0.2) is 24.3 Å². The molecule has 0 spiro atoms. The highest BCUT2D eigenvalue weighted by atomic mass is 16.4. The van der Waals surface area contributed by atoms with E-state index < -0.39 is 5.97 Å². The Morgan fingerprint density at radius 1 is 1.33 bits per heavy atom. The average Bonchev–Trinajstić information content (AvgIpc) is 2.21. The van der Waals surface area contributed by atoms with Crippen LogP contribution in [-0.2, 0) is 16.6 Å². The number of hydrogen-bond acceptors (Lipinski definition) is 2. The molecule has 0 atom stereocenters. The van der Waals surface area contributed by atoms with Crippen molar-refractivity contribution in [1.29, 1.82) is 0 Å². The number of carbonyl (C=O) groups is 1. The minimum absolute atomic E-state index is 0.153. The average molecular weight is 248 g/mol. The monoisotopic (exact) mass is 248 g/mol. The summed E-state index contributed by atoms with van der Waals surface area (Å²) in [5, 5.41) is 18.9. The van der Waals surface area contributed by atoms with Crippen molar-refractivity contribution in [2.45, 2.75) is 39.5 Å². The van der Waals surface area contributed by atoms with Crippen LogP contribution in [0.1, 0.15) is 37.5 Å². The number of phenols is 1. The fourth-order valence-electron chi connectivity index (χ4n) is 1.85. The molecule has 1 aromatic rings. The first kappa shape index (κ1) is 14.3. The molecule has 98 valence electrons. The first-order valence-corrected chi connectivity index (χ1v) is 5.87. The predicted molar refractivity (Wildman–Crippen MR) is 72.0 cm³/mol. The summed E-state index contributed by atoms with van der Waals surface area (Å²) < 4.78 is 0. The quantitative estimate of drug-likeness (QED) is 0.808. The lowest BCUT2D eigenvalue weighted by molar-refractivity contribution is -0.132. The lowest BCUT2D eigenvalue weighted by Crippen LogP contribution is -2.13. The maximum absolute atomic E-state index is 10.8. The second-order valence-electron chi connectivity index (χ2n) is 5.64. The minimum Gasteiger partial charge on any atom is -0.507 e. The van der Waals surface area contributed by atoms with E-state index >= 15 is 0 Å². The molecule has 0 bridgehead atoms. The standard InChI is InChI=1S/C15H20O3/c1-9-6-11(7-10(2)14(17)18)8-12(13(9)16)15(3,4)5/h6,8,16H,2,7H2,1,3-5H3,(H,17,18). The molecule has 0 unspecified atom stereocenters. The van der Waals surface area contributed by atoms with Gasteiger partial charge in [0.2, 0.25) is 0 Å². The number of aromatic hydroxyl groups is 1. The molecule has 2 N–H and O–H groups in total. The fourth-order valence-corrected chi connectivity index (χ4v) is 1.85. The molecule has 3 heteroatoms. The van der Waals surface area contributed by atoms with E-state index in [-0.39, 0.29) is 16.7 Å². The van der Waals surface area contributed by atoms with Gasteiger partial charge >= 0.3 is 5.97 Å². The maximum atomic E-state index is 10.8. The largest absolute Gasteiger partial charge is 0.507 e. The van der Waals surface area contributed by atoms with E-state index in [4.69, 9.17) is 5.11 Å². The summed E-state index contributed by atoms with van der Waals surface area (Å²) in [6.45, 7) is 11.4. The van der Waals surface area contributed by atoms with Crippen LogP contribution in [0.2, 0.25) is 0 Å². The molecule has 0 aliphatic heterocycles. The summed E-state index contributed by atoms with van der Waals surface area (Å²) in [6, 6.07) is 3.66. The normalized spacial score (nSPS) is 11.3. The summed E-state index contributed by atoms with van der Waals surface area (Å²) in [4.78, 5) is 10.8. The Hall–Kier alpha value is -1.77. The predicted octanol–water partition coefficient (Wildman–Crippen LogP) is 3.18. The van der Waals surface area contributed by atoms with Gasteiger partial charge in [-0.2, -0.15) is 0 Å². The Morgan fingerprint density at radius 3 is 2.33 bits per heavy atom. The zero-order valence-corrected chi connectivity index (χ0v) is 11.4. The molecular formula is C15H20O3. The van der Waals surface area contributed by atoms with Gasteiger partial charge in [0.15, 0.2) is 0 Å². The molecule has 0 saturated carbocycles. The third-order valence-corrected chi connectivity index (χ3v) is 2.89.